The fraction of sp³-hybridized carbons (Fsp3) is 1.00. The van der Waals surface area contributed by atoms with Crippen molar-refractivity contribution in [1.82, 2.24) is 5.32 Å². The van der Waals surface area contributed by atoms with Crippen LogP contribution in [0.15, 0.2) is 0 Å². The lowest BCUT2D eigenvalue weighted by Gasteiger charge is -2.35. The Kier molecular flexibility index (Phi) is 4.85. The quantitative estimate of drug-likeness (QED) is 0.698. The van der Waals surface area contributed by atoms with Crippen LogP contribution in [0.2, 0.25) is 0 Å². The molecule has 2 N–H and O–H groups in total. The summed E-state index contributed by atoms with van der Waals surface area (Å²) in [5.74, 6) is 0.672. The molecule has 0 spiro atoms. The fourth-order valence-electron chi connectivity index (χ4n) is 1.82. The van der Waals surface area contributed by atoms with Gasteiger partial charge >= 0.3 is 0 Å². The van der Waals surface area contributed by atoms with Crippen LogP contribution in [0.25, 0.3) is 0 Å². The molecular weight excluding hydrogens is 178 g/mol. The van der Waals surface area contributed by atoms with Crippen molar-refractivity contribution in [3.63, 3.8) is 0 Å². The Morgan fingerprint density at radius 1 is 1.36 bits per heavy atom. The highest BCUT2D eigenvalue weighted by atomic mass is 16.5. The van der Waals surface area contributed by atoms with Gasteiger partial charge in [0.2, 0.25) is 0 Å². The molecule has 0 unspecified atom stereocenters. The third kappa shape index (κ3) is 3.56. The summed E-state index contributed by atoms with van der Waals surface area (Å²) in [6.45, 7) is 8.22. The summed E-state index contributed by atoms with van der Waals surface area (Å²) in [6, 6.07) is 0. The van der Waals surface area contributed by atoms with E-state index in [1.165, 1.54) is 0 Å². The van der Waals surface area contributed by atoms with Crippen molar-refractivity contribution in [1.29, 1.82) is 0 Å². The maximum Gasteiger partial charge on any atom is 0.0501 e. The normalized spacial score (nSPS) is 21.4. The lowest BCUT2D eigenvalue weighted by molar-refractivity contribution is -0.0154. The molecule has 0 aromatic rings. The third-order valence-electron chi connectivity index (χ3n) is 2.94. The second kappa shape index (κ2) is 5.69. The molecule has 84 valence electrons. The molecule has 1 fully saturated rings. The highest BCUT2D eigenvalue weighted by molar-refractivity contribution is 4.83. The molecule has 0 saturated carbocycles. The van der Waals surface area contributed by atoms with E-state index in [1.807, 2.05) is 0 Å². The number of rotatable bonds is 5. The number of ether oxygens (including phenoxy) is 1. The molecule has 14 heavy (non-hydrogen) atoms. The van der Waals surface area contributed by atoms with Gasteiger partial charge in [-0.25, -0.2) is 0 Å². The van der Waals surface area contributed by atoms with Crippen LogP contribution in [-0.4, -0.2) is 38.0 Å². The summed E-state index contributed by atoms with van der Waals surface area (Å²) in [5.41, 5.74) is 0.0765. The molecule has 0 aromatic heterocycles. The van der Waals surface area contributed by atoms with Gasteiger partial charge in [-0.15, -0.1) is 0 Å². The summed E-state index contributed by atoms with van der Waals surface area (Å²) in [5, 5.41) is 12.8. The first-order valence-corrected chi connectivity index (χ1v) is 5.58. The smallest absolute Gasteiger partial charge is 0.0501 e. The molecular formula is C11H23NO2. The van der Waals surface area contributed by atoms with E-state index in [0.717, 1.165) is 39.1 Å². The zero-order valence-corrected chi connectivity index (χ0v) is 9.38. The molecule has 3 heteroatoms. The van der Waals surface area contributed by atoms with Gasteiger partial charge in [0.1, 0.15) is 0 Å². The minimum atomic E-state index is 0.0765. The minimum absolute atomic E-state index is 0.0765. The van der Waals surface area contributed by atoms with Gasteiger partial charge in [-0.05, 0) is 25.3 Å². The van der Waals surface area contributed by atoms with Crippen molar-refractivity contribution in [2.24, 2.45) is 11.3 Å². The molecule has 1 rings (SSSR count). The highest BCUT2D eigenvalue weighted by Crippen LogP contribution is 2.28. The Hall–Kier alpha value is -0.120. The molecule has 0 atom stereocenters. The van der Waals surface area contributed by atoms with E-state index in [4.69, 9.17) is 4.74 Å². The summed E-state index contributed by atoms with van der Waals surface area (Å²) < 4.78 is 5.32. The first kappa shape index (κ1) is 12.0. The third-order valence-corrected chi connectivity index (χ3v) is 2.94. The van der Waals surface area contributed by atoms with Gasteiger partial charge in [0.05, 0.1) is 6.61 Å². The zero-order valence-electron chi connectivity index (χ0n) is 9.38. The van der Waals surface area contributed by atoms with Gasteiger partial charge in [-0.1, -0.05) is 13.8 Å². The molecule has 0 amide bonds. The van der Waals surface area contributed by atoms with Gasteiger partial charge in [-0.3, -0.25) is 0 Å². The first-order valence-electron chi connectivity index (χ1n) is 5.58. The van der Waals surface area contributed by atoms with Gasteiger partial charge in [0.15, 0.2) is 0 Å². The van der Waals surface area contributed by atoms with Crippen molar-refractivity contribution in [3.8, 4) is 0 Å². The molecule has 1 aliphatic rings. The fourth-order valence-corrected chi connectivity index (χ4v) is 1.82. The topological polar surface area (TPSA) is 41.5 Å². The lowest BCUT2D eigenvalue weighted by atomic mass is 9.81. The van der Waals surface area contributed by atoms with E-state index in [9.17, 15) is 5.11 Å². The van der Waals surface area contributed by atoms with Crippen molar-refractivity contribution in [3.05, 3.63) is 0 Å². The summed E-state index contributed by atoms with van der Waals surface area (Å²) >= 11 is 0. The monoisotopic (exact) mass is 201 g/mol. The Morgan fingerprint density at radius 2 is 2.00 bits per heavy atom. The van der Waals surface area contributed by atoms with Gasteiger partial charge in [0.25, 0.3) is 0 Å². The lowest BCUT2D eigenvalue weighted by Crippen LogP contribution is -2.42. The average Bonchev–Trinajstić information content (AvgIpc) is 2.19. The van der Waals surface area contributed by atoms with Crippen LogP contribution < -0.4 is 5.32 Å². The zero-order chi connectivity index (χ0) is 10.4. The molecule has 0 aromatic carbocycles. The Bertz CT molecular complexity index is 153. The molecule has 0 radical (unpaired) electrons. The maximum absolute atomic E-state index is 9.41. The molecule has 1 heterocycles. The second-order valence-electron chi connectivity index (χ2n) is 4.80. The maximum atomic E-state index is 9.41. The van der Waals surface area contributed by atoms with Crippen LogP contribution in [-0.2, 0) is 4.74 Å². The van der Waals surface area contributed by atoms with E-state index < -0.39 is 0 Å². The van der Waals surface area contributed by atoms with Crippen LogP contribution >= 0.6 is 0 Å². The molecule has 1 aliphatic heterocycles. The van der Waals surface area contributed by atoms with Crippen molar-refractivity contribution in [2.75, 3.05) is 32.9 Å². The molecule has 3 nitrogen and oxygen atoms in total. The van der Waals surface area contributed by atoms with Gasteiger partial charge in [-0.2, -0.15) is 0 Å². The minimum Gasteiger partial charge on any atom is -0.396 e. The van der Waals surface area contributed by atoms with E-state index >= 15 is 0 Å². The largest absolute Gasteiger partial charge is 0.396 e. The summed E-state index contributed by atoms with van der Waals surface area (Å²) in [7, 11) is 0. The molecule has 1 saturated heterocycles. The van der Waals surface area contributed by atoms with Crippen LogP contribution in [0.4, 0.5) is 0 Å². The Labute approximate surface area is 86.8 Å². The van der Waals surface area contributed by atoms with Crippen molar-refractivity contribution >= 4 is 0 Å². The van der Waals surface area contributed by atoms with E-state index in [1.54, 1.807) is 0 Å². The van der Waals surface area contributed by atoms with Gasteiger partial charge in [0, 0.05) is 25.2 Å². The molecule has 0 aliphatic carbocycles. The van der Waals surface area contributed by atoms with Crippen molar-refractivity contribution in [2.45, 2.75) is 26.7 Å². The number of nitrogens with one attached hydrogen (secondary N) is 1. The van der Waals surface area contributed by atoms with Crippen molar-refractivity contribution < 1.29 is 9.84 Å². The average molecular weight is 201 g/mol. The summed E-state index contributed by atoms with van der Waals surface area (Å²) in [6.07, 6.45) is 1.96. The van der Waals surface area contributed by atoms with Crippen LogP contribution in [0.3, 0.4) is 0 Å². The predicted octanol–water partition coefficient (Wildman–Crippen LogP) is 1.02. The van der Waals surface area contributed by atoms with E-state index in [-0.39, 0.29) is 12.0 Å². The number of hydrogen-bond acceptors (Lipinski definition) is 3. The highest BCUT2D eigenvalue weighted by Gasteiger charge is 2.31. The van der Waals surface area contributed by atoms with E-state index in [0.29, 0.717) is 5.92 Å². The molecule has 0 bridgehead atoms. The van der Waals surface area contributed by atoms with Crippen LogP contribution in [0, 0.1) is 11.3 Å². The number of hydrogen-bond donors (Lipinski definition) is 2. The standard InChI is InChI=1S/C11H23NO2/c1-10(2)7-12-8-11(9-13)3-5-14-6-4-11/h10,12-13H,3-9H2,1-2H3. The SMILES string of the molecule is CC(C)CNCC1(CO)CCOCC1. The number of aliphatic hydroxyl groups excluding tert-OH is 1. The van der Waals surface area contributed by atoms with E-state index in [2.05, 4.69) is 19.2 Å². The Morgan fingerprint density at radius 3 is 2.50 bits per heavy atom. The predicted molar refractivity (Wildman–Crippen MR) is 57.3 cm³/mol. The van der Waals surface area contributed by atoms with Crippen LogP contribution in [0.5, 0.6) is 0 Å². The second-order valence-corrected chi connectivity index (χ2v) is 4.80. The Balaban J connectivity index is 2.29. The van der Waals surface area contributed by atoms with Gasteiger partial charge < -0.3 is 15.2 Å². The first-order chi connectivity index (χ1) is 6.68. The number of aliphatic hydroxyl groups is 1. The van der Waals surface area contributed by atoms with Crippen LogP contribution in [0.1, 0.15) is 26.7 Å². The summed E-state index contributed by atoms with van der Waals surface area (Å²) in [4.78, 5) is 0.